The van der Waals surface area contributed by atoms with Crippen LogP contribution in [0.5, 0.6) is 11.5 Å². The van der Waals surface area contributed by atoms with Crippen molar-refractivity contribution in [3.63, 3.8) is 0 Å². The van der Waals surface area contributed by atoms with Gasteiger partial charge in [-0.25, -0.2) is 5.43 Å². The van der Waals surface area contributed by atoms with Crippen LogP contribution in [0.3, 0.4) is 0 Å². The van der Waals surface area contributed by atoms with E-state index in [0.717, 1.165) is 30.7 Å². The minimum Gasteiger partial charge on any atom is -0.490 e. The van der Waals surface area contributed by atoms with Crippen LogP contribution in [-0.4, -0.2) is 24.8 Å². The second-order valence-electron chi connectivity index (χ2n) is 6.70. The van der Waals surface area contributed by atoms with E-state index in [4.69, 9.17) is 9.47 Å². The fourth-order valence-electron chi connectivity index (χ4n) is 3.13. The largest absolute Gasteiger partial charge is 0.490 e. The van der Waals surface area contributed by atoms with Crippen molar-refractivity contribution >= 4 is 11.6 Å². The van der Waals surface area contributed by atoms with Crippen LogP contribution in [0.1, 0.15) is 43.0 Å². The molecule has 5 heteroatoms. The first-order chi connectivity index (χ1) is 13.2. The van der Waals surface area contributed by atoms with Crippen LogP contribution in [0.2, 0.25) is 0 Å². The van der Waals surface area contributed by atoms with Crippen molar-refractivity contribution in [1.29, 1.82) is 0 Å². The van der Waals surface area contributed by atoms with E-state index in [2.05, 4.69) is 17.5 Å². The lowest BCUT2D eigenvalue weighted by molar-refractivity contribution is 0.0949. The highest BCUT2D eigenvalue weighted by atomic mass is 16.5. The monoisotopic (exact) mass is 366 g/mol. The number of ether oxygens (including phenoxy) is 2. The van der Waals surface area contributed by atoms with Gasteiger partial charge in [-0.15, -0.1) is 0 Å². The Hall–Kier alpha value is -2.82. The van der Waals surface area contributed by atoms with Gasteiger partial charge >= 0.3 is 0 Å². The van der Waals surface area contributed by atoms with Crippen LogP contribution in [0.15, 0.2) is 59.7 Å². The van der Waals surface area contributed by atoms with E-state index in [-0.39, 0.29) is 5.91 Å². The zero-order valence-corrected chi connectivity index (χ0v) is 15.7. The highest BCUT2D eigenvalue weighted by Gasteiger charge is 2.17. The minimum atomic E-state index is -0.250. The Balaban J connectivity index is 1.54. The summed E-state index contributed by atoms with van der Waals surface area (Å²) in [6.07, 6.45) is 4.46. The van der Waals surface area contributed by atoms with Crippen LogP contribution in [0, 0.1) is 5.92 Å². The molecule has 0 unspecified atom stereocenters. The van der Waals surface area contributed by atoms with E-state index in [1.165, 1.54) is 6.42 Å². The van der Waals surface area contributed by atoms with Gasteiger partial charge in [0.15, 0.2) is 0 Å². The molecule has 1 aliphatic rings. The maximum atomic E-state index is 12.5. The third-order valence-corrected chi connectivity index (χ3v) is 4.67. The van der Waals surface area contributed by atoms with Gasteiger partial charge in [-0.3, -0.25) is 4.79 Å². The number of benzene rings is 2. The predicted molar refractivity (Wildman–Crippen MR) is 106 cm³/mol. The average molecular weight is 366 g/mol. The lowest BCUT2D eigenvalue weighted by Gasteiger charge is -2.20. The van der Waals surface area contributed by atoms with E-state index < -0.39 is 0 Å². The van der Waals surface area contributed by atoms with Gasteiger partial charge in [0.05, 0.1) is 5.56 Å². The SMILES string of the molecule is C[C@H]1CCCC/C1=N/NC(=O)c1ccccc1OCCOc1ccccc1. The number of hydrogen-bond donors (Lipinski definition) is 1. The second-order valence-corrected chi connectivity index (χ2v) is 6.70. The number of carbonyl (C=O) groups is 1. The standard InChI is InChI=1S/C22H26N2O3/c1-17-9-5-7-13-20(17)23-24-22(25)19-12-6-8-14-21(19)27-16-15-26-18-10-3-2-4-11-18/h2-4,6,8,10-12,14,17H,5,7,9,13,15-16H2,1H3,(H,24,25)/b23-20-/t17-/m0/s1. The summed E-state index contributed by atoms with van der Waals surface area (Å²) in [5.41, 5.74) is 4.24. The number of hydrogen-bond acceptors (Lipinski definition) is 4. The molecule has 2 aromatic rings. The normalized spacial score (nSPS) is 18.1. The summed E-state index contributed by atoms with van der Waals surface area (Å²) in [5, 5.41) is 4.35. The molecule has 3 rings (SSSR count). The Kier molecular flexibility index (Phi) is 6.85. The molecule has 1 N–H and O–H groups in total. The second kappa shape index (κ2) is 9.76. The molecule has 1 aliphatic carbocycles. The lowest BCUT2D eigenvalue weighted by Crippen LogP contribution is -2.24. The molecular formula is C22H26N2O3. The van der Waals surface area contributed by atoms with Crippen LogP contribution < -0.4 is 14.9 Å². The molecule has 1 amide bonds. The molecule has 1 fully saturated rings. The van der Waals surface area contributed by atoms with Crippen LogP contribution in [0.25, 0.3) is 0 Å². The van der Waals surface area contributed by atoms with E-state index in [1.54, 1.807) is 12.1 Å². The summed E-state index contributed by atoms with van der Waals surface area (Å²) in [7, 11) is 0. The first-order valence-electron chi connectivity index (χ1n) is 9.50. The Labute approximate surface area is 160 Å². The molecule has 0 aromatic heterocycles. The molecule has 2 aromatic carbocycles. The zero-order valence-electron chi connectivity index (χ0n) is 15.7. The third-order valence-electron chi connectivity index (χ3n) is 4.67. The van der Waals surface area contributed by atoms with Gasteiger partial charge in [0.1, 0.15) is 24.7 Å². The van der Waals surface area contributed by atoms with Gasteiger partial charge in [-0.05, 0) is 49.4 Å². The number of para-hydroxylation sites is 2. The zero-order chi connectivity index (χ0) is 18.9. The summed E-state index contributed by atoms with van der Waals surface area (Å²) in [5.74, 6) is 1.51. The highest BCUT2D eigenvalue weighted by molar-refractivity contribution is 5.98. The molecule has 1 atom stereocenters. The van der Waals surface area contributed by atoms with Crippen molar-refractivity contribution in [2.75, 3.05) is 13.2 Å². The number of nitrogens with zero attached hydrogens (tertiary/aromatic N) is 1. The minimum absolute atomic E-state index is 0.250. The van der Waals surface area contributed by atoms with Gasteiger partial charge in [-0.1, -0.05) is 43.7 Å². The van der Waals surface area contributed by atoms with Crippen molar-refractivity contribution in [3.8, 4) is 11.5 Å². The van der Waals surface area contributed by atoms with Crippen LogP contribution in [0.4, 0.5) is 0 Å². The molecule has 142 valence electrons. The summed E-state index contributed by atoms with van der Waals surface area (Å²) in [4.78, 5) is 12.5. The fraction of sp³-hybridized carbons (Fsp3) is 0.364. The fourth-order valence-corrected chi connectivity index (χ4v) is 3.13. The van der Waals surface area contributed by atoms with Crippen LogP contribution in [-0.2, 0) is 0 Å². The van der Waals surface area contributed by atoms with Crippen molar-refractivity contribution in [2.45, 2.75) is 32.6 Å². The number of hydrazone groups is 1. The molecule has 5 nitrogen and oxygen atoms in total. The maximum Gasteiger partial charge on any atom is 0.275 e. The molecule has 0 spiro atoms. The molecule has 1 saturated carbocycles. The van der Waals surface area contributed by atoms with Gasteiger partial charge in [0, 0.05) is 5.71 Å². The number of carbonyl (C=O) groups excluding carboxylic acids is 1. The number of nitrogens with one attached hydrogen (secondary N) is 1. The third kappa shape index (κ3) is 5.58. The molecule has 0 aliphatic heterocycles. The summed E-state index contributed by atoms with van der Waals surface area (Å²) < 4.78 is 11.4. The lowest BCUT2D eigenvalue weighted by atomic mass is 9.89. The van der Waals surface area contributed by atoms with Crippen molar-refractivity contribution in [3.05, 3.63) is 60.2 Å². The van der Waals surface area contributed by atoms with Gasteiger partial charge in [0.2, 0.25) is 0 Å². The topological polar surface area (TPSA) is 59.9 Å². The van der Waals surface area contributed by atoms with E-state index in [9.17, 15) is 4.79 Å². The van der Waals surface area contributed by atoms with E-state index in [0.29, 0.717) is 30.4 Å². The van der Waals surface area contributed by atoms with Crippen molar-refractivity contribution in [2.24, 2.45) is 11.0 Å². The Morgan fingerprint density at radius 2 is 1.78 bits per heavy atom. The molecule has 0 heterocycles. The Bertz CT molecular complexity index is 774. The van der Waals surface area contributed by atoms with E-state index in [1.807, 2.05) is 42.5 Å². The smallest absolute Gasteiger partial charge is 0.275 e. The first kappa shape index (κ1) is 19.0. The molecule has 0 bridgehead atoms. The highest BCUT2D eigenvalue weighted by Crippen LogP contribution is 2.21. The summed E-state index contributed by atoms with van der Waals surface area (Å²) in [6.45, 7) is 2.92. The molecular weight excluding hydrogens is 340 g/mol. The predicted octanol–water partition coefficient (Wildman–Crippen LogP) is 4.44. The Morgan fingerprint density at radius 1 is 1.04 bits per heavy atom. The van der Waals surface area contributed by atoms with Gasteiger partial charge in [0.25, 0.3) is 5.91 Å². The first-order valence-corrected chi connectivity index (χ1v) is 9.50. The van der Waals surface area contributed by atoms with Crippen molar-refractivity contribution < 1.29 is 14.3 Å². The van der Waals surface area contributed by atoms with Crippen LogP contribution >= 0.6 is 0 Å². The van der Waals surface area contributed by atoms with Gasteiger partial charge in [-0.2, -0.15) is 5.10 Å². The average Bonchev–Trinajstić information content (AvgIpc) is 2.71. The summed E-state index contributed by atoms with van der Waals surface area (Å²) >= 11 is 0. The van der Waals surface area contributed by atoms with E-state index >= 15 is 0 Å². The number of rotatable bonds is 7. The summed E-state index contributed by atoms with van der Waals surface area (Å²) in [6, 6.07) is 16.8. The maximum absolute atomic E-state index is 12.5. The molecule has 0 radical (unpaired) electrons. The Morgan fingerprint density at radius 3 is 2.59 bits per heavy atom. The molecule has 27 heavy (non-hydrogen) atoms. The quantitative estimate of drug-likeness (QED) is 0.582. The number of amides is 1. The van der Waals surface area contributed by atoms with Gasteiger partial charge < -0.3 is 9.47 Å². The van der Waals surface area contributed by atoms with Crippen molar-refractivity contribution in [1.82, 2.24) is 5.43 Å². The molecule has 0 saturated heterocycles.